The van der Waals surface area contributed by atoms with Gasteiger partial charge in [-0.1, -0.05) is 6.92 Å². The molecule has 0 saturated heterocycles. The van der Waals surface area contributed by atoms with Crippen molar-refractivity contribution in [2.45, 2.75) is 19.8 Å². The summed E-state index contributed by atoms with van der Waals surface area (Å²) in [6.45, 7) is 1.99. The first-order valence-electron chi connectivity index (χ1n) is 3.65. The lowest BCUT2D eigenvalue weighted by Gasteiger charge is -1.91. The summed E-state index contributed by atoms with van der Waals surface area (Å²) in [5, 5.41) is 23.9. The van der Waals surface area contributed by atoms with Crippen LogP contribution in [0.25, 0.3) is 0 Å². The van der Waals surface area contributed by atoms with E-state index in [-0.39, 0.29) is 6.44 Å². The van der Waals surface area contributed by atoms with Gasteiger partial charge in [-0.3, -0.25) is 0 Å². The van der Waals surface area contributed by atoms with Crippen molar-refractivity contribution in [2.24, 2.45) is 0 Å². The van der Waals surface area contributed by atoms with Gasteiger partial charge in [-0.2, -0.15) is 5.26 Å². The first-order chi connectivity index (χ1) is 6.04. The van der Waals surface area contributed by atoms with Gasteiger partial charge < -0.3 is 10.0 Å². The van der Waals surface area contributed by atoms with Gasteiger partial charge in [0.15, 0.2) is 0 Å². The van der Waals surface area contributed by atoms with Crippen molar-refractivity contribution in [3.63, 3.8) is 0 Å². The summed E-state index contributed by atoms with van der Waals surface area (Å²) in [6, 6.07) is 2.02. The fourth-order valence-corrected chi connectivity index (χ4v) is 0.580. The van der Waals surface area contributed by atoms with Crippen molar-refractivity contribution < 1.29 is 18.5 Å². The Labute approximate surface area is 79.4 Å². The quantitative estimate of drug-likeness (QED) is 0.329. The zero-order chi connectivity index (χ0) is 10.7. The second-order valence-corrected chi connectivity index (χ2v) is 2.84. The Morgan fingerprint density at radius 2 is 2.08 bits per heavy atom. The summed E-state index contributed by atoms with van der Waals surface area (Å²) >= 11 is 0. The third-order valence-corrected chi connectivity index (χ3v) is 1.21. The predicted octanol–water partition coefficient (Wildman–Crippen LogP) is -1.58. The normalized spacial score (nSPS) is 8.54. The van der Waals surface area contributed by atoms with Crippen molar-refractivity contribution in [3.8, 4) is 6.07 Å². The van der Waals surface area contributed by atoms with Crippen LogP contribution in [0.15, 0.2) is 0 Å². The largest absolute Gasteiger partial charge is 0.467 e. The molecule has 0 bridgehead atoms. The molecule has 0 saturated carbocycles. The van der Waals surface area contributed by atoms with Gasteiger partial charge in [0, 0.05) is 12.9 Å². The van der Waals surface area contributed by atoms with Crippen LogP contribution in [0.4, 0.5) is 0 Å². The Kier molecular flexibility index (Phi) is 13.0. The maximum absolute atomic E-state index is 9.61. The van der Waals surface area contributed by atoms with E-state index in [1.807, 2.05) is 13.0 Å². The fourth-order valence-electron chi connectivity index (χ4n) is 0.268. The maximum atomic E-state index is 9.61. The van der Waals surface area contributed by atoms with E-state index in [4.69, 9.17) is 15.3 Å². The fraction of sp³-hybridized carbons (Fsp3) is 0.800. The number of nitriles is 1. The Morgan fingerprint density at radius 3 is 2.15 bits per heavy atom. The van der Waals surface area contributed by atoms with E-state index in [1.54, 1.807) is 4.72 Å². The zero-order valence-corrected chi connectivity index (χ0v) is 8.20. The highest BCUT2D eigenvalue weighted by molar-refractivity contribution is 7.70. The third kappa shape index (κ3) is 24.6. The van der Waals surface area contributed by atoms with Crippen molar-refractivity contribution in [1.82, 2.24) is 4.72 Å². The molecule has 0 unspecified atom stereocenters. The highest BCUT2D eigenvalue weighted by Gasteiger charge is 2.03. The molecule has 76 valence electrons. The Morgan fingerprint density at radius 1 is 1.54 bits per heavy atom. The molecule has 0 rings (SSSR count). The lowest BCUT2D eigenvalue weighted by Crippen LogP contribution is -2.29. The Balaban J connectivity index is 0. The van der Waals surface area contributed by atoms with Crippen molar-refractivity contribution in [2.75, 3.05) is 6.44 Å². The standard InChI is InChI=1S/C4H7N.CH6BNO4S/c1-2-3-4-5;4-2(5)1-3-8(6)7/h2-3H2,1H3;4-5,8H,1H2,(H,3,6,7). The third-order valence-electron chi connectivity index (χ3n) is 0.765. The van der Waals surface area contributed by atoms with E-state index < -0.39 is 18.0 Å². The van der Waals surface area contributed by atoms with Crippen LogP contribution in [0.3, 0.4) is 0 Å². The molecule has 0 fully saturated rings. The Bertz CT molecular complexity index is 205. The monoisotopic (exact) mass is 208 g/mol. The van der Waals surface area contributed by atoms with Crippen LogP contribution in [0.1, 0.15) is 19.8 Å². The summed E-state index contributed by atoms with van der Waals surface area (Å²) in [7, 11) is -4.31. The molecule has 0 aromatic rings. The summed E-state index contributed by atoms with van der Waals surface area (Å²) < 4.78 is 21.0. The van der Waals surface area contributed by atoms with Crippen molar-refractivity contribution in [3.05, 3.63) is 0 Å². The van der Waals surface area contributed by atoms with E-state index in [0.29, 0.717) is 6.42 Å². The minimum absolute atomic E-state index is 0.349. The summed E-state index contributed by atoms with van der Waals surface area (Å²) in [6.07, 6.45) is 1.33. The van der Waals surface area contributed by atoms with Gasteiger partial charge in [-0.15, -0.1) is 0 Å². The molecule has 0 aliphatic rings. The van der Waals surface area contributed by atoms with Gasteiger partial charge in [0.2, 0.25) is 10.9 Å². The average Bonchev–Trinajstić information content (AvgIpc) is 2.03. The van der Waals surface area contributed by atoms with Crippen LogP contribution in [0.2, 0.25) is 0 Å². The van der Waals surface area contributed by atoms with Gasteiger partial charge in [0.25, 0.3) is 0 Å². The summed E-state index contributed by atoms with van der Waals surface area (Å²) in [4.78, 5) is 0. The molecule has 13 heavy (non-hydrogen) atoms. The van der Waals surface area contributed by atoms with E-state index >= 15 is 0 Å². The van der Waals surface area contributed by atoms with Gasteiger partial charge >= 0.3 is 7.12 Å². The maximum Gasteiger partial charge on any atom is 0.467 e. The second-order valence-electron chi connectivity index (χ2n) is 2.01. The average molecular weight is 208 g/mol. The van der Waals surface area contributed by atoms with Crippen LogP contribution in [0, 0.1) is 11.3 Å². The topological polar surface area (TPSA) is 110 Å². The summed E-state index contributed by atoms with van der Waals surface area (Å²) in [5.41, 5.74) is 0. The predicted molar refractivity (Wildman–Crippen MR) is 49.0 cm³/mol. The zero-order valence-electron chi connectivity index (χ0n) is 7.30. The first-order valence-corrected chi connectivity index (χ1v) is 4.83. The molecule has 0 radical (unpaired) electrons. The molecule has 3 N–H and O–H groups in total. The number of nitrogens with zero attached hydrogens (tertiary/aromatic N) is 1. The smallest absolute Gasteiger partial charge is 0.426 e. The number of rotatable bonds is 4. The molecule has 8 heteroatoms. The van der Waals surface area contributed by atoms with Gasteiger partial charge in [0.05, 0.1) is 6.07 Å². The number of thiol groups is 1. The molecule has 6 nitrogen and oxygen atoms in total. The Hall–Kier alpha value is -0.615. The molecule has 0 amide bonds. The van der Waals surface area contributed by atoms with Crippen molar-refractivity contribution >= 4 is 18.0 Å². The molecule has 0 aliphatic carbocycles. The second kappa shape index (κ2) is 11.4. The molecule has 0 heterocycles. The minimum Gasteiger partial charge on any atom is -0.426 e. The van der Waals surface area contributed by atoms with Gasteiger partial charge in [-0.05, 0) is 6.42 Å². The van der Waals surface area contributed by atoms with Gasteiger partial charge in [0.1, 0.15) is 0 Å². The van der Waals surface area contributed by atoms with Crippen LogP contribution in [-0.2, 0) is 10.9 Å². The number of unbranched alkanes of at least 4 members (excludes halogenated alkanes) is 1. The van der Waals surface area contributed by atoms with Crippen LogP contribution >= 0.6 is 0 Å². The van der Waals surface area contributed by atoms with E-state index in [1.165, 1.54) is 0 Å². The molecule has 0 aromatic carbocycles. The lowest BCUT2D eigenvalue weighted by atomic mass is 9.94. The summed E-state index contributed by atoms with van der Waals surface area (Å²) in [5.74, 6) is 0. The van der Waals surface area contributed by atoms with Crippen LogP contribution < -0.4 is 4.72 Å². The highest BCUT2D eigenvalue weighted by atomic mass is 32.2. The van der Waals surface area contributed by atoms with Gasteiger partial charge in [-0.25, -0.2) is 13.1 Å². The number of hydrogen-bond acceptors (Lipinski definition) is 5. The van der Waals surface area contributed by atoms with Crippen LogP contribution in [0.5, 0.6) is 0 Å². The molecular weight excluding hydrogens is 195 g/mol. The molecular formula is C5H13BN2O4S. The number of nitrogens with one attached hydrogen (secondary N) is 1. The minimum atomic E-state index is -2.70. The number of hydrogen-bond donors (Lipinski definition) is 4. The SMILES string of the molecule is CCCC#N.O=[SH](=O)NCB(O)O. The van der Waals surface area contributed by atoms with E-state index in [9.17, 15) is 8.42 Å². The van der Waals surface area contributed by atoms with Crippen molar-refractivity contribution in [1.29, 1.82) is 5.26 Å². The van der Waals surface area contributed by atoms with E-state index in [0.717, 1.165) is 6.42 Å². The molecule has 0 aromatic heterocycles. The van der Waals surface area contributed by atoms with Crippen LogP contribution in [-0.4, -0.2) is 32.0 Å². The molecule has 0 spiro atoms. The molecule has 0 atom stereocenters. The molecule has 0 aliphatic heterocycles. The highest BCUT2D eigenvalue weighted by Crippen LogP contribution is 1.77. The van der Waals surface area contributed by atoms with E-state index in [2.05, 4.69) is 0 Å². The first kappa shape index (κ1) is 14.9. The lowest BCUT2D eigenvalue weighted by molar-refractivity contribution is 0.405.